The van der Waals surface area contributed by atoms with Crippen molar-refractivity contribution in [3.63, 3.8) is 0 Å². The van der Waals surface area contributed by atoms with Gasteiger partial charge in [0.05, 0.1) is 0 Å². The van der Waals surface area contributed by atoms with Crippen LogP contribution in [0, 0.1) is 6.92 Å². The van der Waals surface area contributed by atoms with Crippen LogP contribution >= 0.6 is 15.9 Å². The Labute approximate surface area is 94.1 Å². The van der Waals surface area contributed by atoms with E-state index in [-0.39, 0.29) is 6.04 Å². The fraction of sp³-hybridized carbons (Fsp3) is 0.333. The van der Waals surface area contributed by atoms with Crippen LogP contribution in [0.3, 0.4) is 0 Å². The molecule has 14 heavy (non-hydrogen) atoms. The molecule has 2 heteroatoms. The first-order valence-electron chi connectivity index (χ1n) is 4.77. The van der Waals surface area contributed by atoms with Crippen LogP contribution in [0.15, 0.2) is 35.3 Å². The Kier molecular flexibility index (Phi) is 4.36. The van der Waals surface area contributed by atoms with E-state index < -0.39 is 0 Å². The highest BCUT2D eigenvalue weighted by Gasteiger charge is 2.08. The monoisotopic (exact) mass is 253 g/mol. The lowest BCUT2D eigenvalue weighted by molar-refractivity contribution is 0.657. The number of halogens is 1. The molecule has 76 valence electrons. The third kappa shape index (κ3) is 2.96. The summed E-state index contributed by atoms with van der Waals surface area (Å²) in [5, 5.41) is 0. The molecule has 0 saturated carbocycles. The molecule has 0 aliphatic carbocycles. The van der Waals surface area contributed by atoms with Crippen molar-refractivity contribution in [2.24, 2.45) is 5.73 Å². The maximum atomic E-state index is 6.08. The van der Waals surface area contributed by atoms with Crippen molar-refractivity contribution in [2.45, 2.75) is 25.8 Å². The average molecular weight is 254 g/mol. The zero-order chi connectivity index (χ0) is 10.6. The van der Waals surface area contributed by atoms with Crippen LogP contribution in [0.5, 0.6) is 0 Å². The molecule has 0 bridgehead atoms. The van der Waals surface area contributed by atoms with E-state index in [4.69, 9.17) is 5.73 Å². The molecule has 0 amide bonds. The molecular weight excluding hydrogens is 238 g/mol. The summed E-state index contributed by atoms with van der Waals surface area (Å²) >= 11 is 3.46. The van der Waals surface area contributed by atoms with Crippen molar-refractivity contribution in [3.05, 3.63) is 46.5 Å². The Morgan fingerprint density at radius 2 is 2.29 bits per heavy atom. The number of aryl methyl sites for hydroxylation is 1. The molecule has 0 unspecified atom stereocenters. The molecule has 0 aliphatic rings. The predicted molar refractivity (Wildman–Crippen MR) is 65.2 cm³/mol. The van der Waals surface area contributed by atoms with Crippen LogP contribution in [-0.2, 0) is 0 Å². The van der Waals surface area contributed by atoms with Gasteiger partial charge in [-0.05, 0) is 43.0 Å². The number of nitrogens with two attached hydrogens (primary N) is 1. The third-order valence-electron chi connectivity index (χ3n) is 2.32. The van der Waals surface area contributed by atoms with Crippen molar-refractivity contribution >= 4 is 15.9 Å². The number of benzene rings is 1. The molecule has 0 saturated heterocycles. The topological polar surface area (TPSA) is 26.0 Å². The van der Waals surface area contributed by atoms with Gasteiger partial charge in [0.2, 0.25) is 0 Å². The predicted octanol–water partition coefficient (Wildman–Crippen LogP) is 3.72. The standard InChI is InChI=1S/C12H16BrN/c1-3-4-5-12(14)11-8-10(13)7-6-9(11)2/h3,6-8,12H,1,4-5,14H2,2H3/t12-/m0/s1. The largest absolute Gasteiger partial charge is 0.324 e. The van der Waals surface area contributed by atoms with E-state index in [1.165, 1.54) is 11.1 Å². The summed E-state index contributed by atoms with van der Waals surface area (Å²) in [5.74, 6) is 0. The van der Waals surface area contributed by atoms with Crippen LogP contribution in [0.2, 0.25) is 0 Å². The van der Waals surface area contributed by atoms with Gasteiger partial charge in [0.25, 0.3) is 0 Å². The van der Waals surface area contributed by atoms with Crippen LogP contribution in [-0.4, -0.2) is 0 Å². The Hall–Kier alpha value is -0.600. The second kappa shape index (κ2) is 5.32. The van der Waals surface area contributed by atoms with Gasteiger partial charge in [0, 0.05) is 10.5 Å². The van der Waals surface area contributed by atoms with E-state index in [1.807, 2.05) is 12.1 Å². The molecule has 1 aromatic rings. The van der Waals surface area contributed by atoms with E-state index in [2.05, 4.69) is 41.6 Å². The second-order valence-electron chi connectivity index (χ2n) is 3.47. The van der Waals surface area contributed by atoms with Crippen LogP contribution in [0.4, 0.5) is 0 Å². The summed E-state index contributed by atoms with van der Waals surface area (Å²) in [7, 11) is 0. The lowest BCUT2D eigenvalue weighted by atomic mass is 9.98. The number of hydrogen-bond acceptors (Lipinski definition) is 1. The SMILES string of the molecule is C=CCC[C@H](N)c1cc(Br)ccc1C. The van der Waals surface area contributed by atoms with Crippen molar-refractivity contribution in [3.8, 4) is 0 Å². The quantitative estimate of drug-likeness (QED) is 0.814. The Bertz CT molecular complexity index is 320. The van der Waals surface area contributed by atoms with Gasteiger partial charge in [-0.15, -0.1) is 6.58 Å². The highest BCUT2D eigenvalue weighted by molar-refractivity contribution is 9.10. The van der Waals surface area contributed by atoms with Gasteiger partial charge in [-0.1, -0.05) is 28.1 Å². The van der Waals surface area contributed by atoms with Gasteiger partial charge in [-0.25, -0.2) is 0 Å². The van der Waals surface area contributed by atoms with Gasteiger partial charge in [-0.2, -0.15) is 0 Å². The van der Waals surface area contributed by atoms with Crippen LogP contribution < -0.4 is 5.73 Å². The fourth-order valence-electron chi connectivity index (χ4n) is 1.46. The Morgan fingerprint density at radius 3 is 2.93 bits per heavy atom. The van der Waals surface area contributed by atoms with Gasteiger partial charge in [0.15, 0.2) is 0 Å². The lowest BCUT2D eigenvalue weighted by Gasteiger charge is -2.14. The Balaban J connectivity index is 2.82. The first-order valence-corrected chi connectivity index (χ1v) is 5.57. The molecule has 1 aromatic carbocycles. The molecule has 0 aromatic heterocycles. The lowest BCUT2D eigenvalue weighted by Crippen LogP contribution is -2.11. The summed E-state index contributed by atoms with van der Waals surface area (Å²) in [6, 6.07) is 6.35. The van der Waals surface area contributed by atoms with E-state index in [0.29, 0.717) is 0 Å². The van der Waals surface area contributed by atoms with Gasteiger partial charge in [0.1, 0.15) is 0 Å². The first-order chi connectivity index (χ1) is 6.65. The number of allylic oxidation sites excluding steroid dienone is 1. The minimum Gasteiger partial charge on any atom is -0.324 e. The fourth-order valence-corrected chi connectivity index (χ4v) is 1.84. The molecule has 0 radical (unpaired) electrons. The van der Waals surface area contributed by atoms with Crippen molar-refractivity contribution in [2.75, 3.05) is 0 Å². The molecule has 0 fully saturated rings. The van der Waals surface area contributed by atoms with Gasteiger partial charge < -0.3 is 5.73 Å². The summed E-state index contributed by atoms with van der Waals surface area (Å²) in [4.78, 5) is 0. The summed E-state index contributed by atoms with van der Waals surface area (Å²) in [6.45, 7) is 5.79. The molecule has 1 rings (SSSR count). The van der Waals surface area contributed by atoms with Crippen LogP contribution in [0.1, 0.15) is 30.0 Å². The molecule has 0 aliphatic heterocycles. The molecule has 0 heterocycles. The summed E-state index contributed by atoms with van der Waals surface area (Å²) in [5.41, 5.74) is 8.56. The second-order valence-corrected chi connectivity index (χ2v) is 4.39. The maximum absolute atomic E-state index is 6.08. The summed E-state index contributed by atoms with van der Waals surface area (Å²) in [6.07, 6.45) is 3.83. The molecular formula is C12H16BrN. The third-order valence-corrected chi connectivity index (χ3v) is 2.82. The maximum Gasteiger partial charge on any atom is 0.0300 e. The molecule has 1 atom stereocenters. The normalized spacial score (nSPS) is 12.5. The van der Waals surface area contributed by atoms with Crippen LogP contribution in [0.25, 0.3) is 0 Å². The van der Waals surface area contributed by atoms with Crippen molar-refractivity contribution in [1.82, 2.24) is 0 Å². The highest BCUT2D eigenvalue weighted by atomic mass is 79.9. The zero-order valence-corrected chi connectivity index (χ0v) is 10.0. The van der Waals surface area contributed by atoms with E-state index in [1.54, 1.807) is 0 Å². The number of hydrogen-bond donors (Lipinski definition) is 1. The average Bonchev–Trinajstić information content (AvgIpc) is 2.18. The van der Waals surface area contributed by atoms with Gasteiger partial charge in [-0.3, -0.25) is 0 Å². The summed E-state index contributed by atoms with van der Waals surface area (Å²) < 4.78 is 1.09. The Morgan fingerprint density at radius 1 is 1.57 bits per heavy atom. The molecule has 2 N–H and O–H groups in total. The van der Waals surface area contributed by atoms with Crippen molar-refractivity contribution in [1.29, 1.82) is 0 Å². The van der Waals surface area contributed by atoms with Gasteiger partial charge >= 0.3 is 0 Å². The minimum absolute atomic E-state index is 0.116. The molecule has 1 nitrogen and oxygen atoms in total. The van der Waals surface area contributed by atoms with E-state index >= 15 is 0 Å². The van der Waals surface area contributed by atoms with E-state index in [0.717, 1.165) is 17.3 Å². The zero-order valence-electron chi connectivity index (χ0n) is 8.46. The molecule has 0 spiro atoms. The van der Waals surface area contributed by atoms with E-state index in [9.17, 15) is 0 Å². The highest BCUT2D eigenvalue weighted by Crippen LogP contribution is 2.23. The minimum atomic E-state index is 0.116. The smallest absolute Gasteiger partial charge is 0.0300 e. The first kappa shape index (κ1) is 11.5. The number of rotatable bonds is 4. The van der Waals surface area contributed by atoms with Crippen molar-refractivity contribution < 1.29 is 0 Å².